The molecule has 0 bridgehead atoms. The van der Waals surface area contributed by atoms with Crippen LogP contribution < -0.4 is 10.6 Å². The van der Waals surface area contributed by atoms with Crippen molar-refractivity contribution in [3.05, 3.63) is 0 Å². The molecule has 1 saturated carbocycles. The highest BCUT2D eigenvalue weighted by Gasteiger charge is 2.19. The van der Waals surface area contributed by atoms with Gasteiger partial charge in [0.05, 0.1) is 6.10 Å². The fourth-order valence-corrected chi connectivity index (χ4v) is 3.30. The van der Waals surface area contributed by atoms with Gasteiger partial charge in [-0.15, -0.1) is 0 Å². The molecule has 2 fully saturated rings. The molecule has 4 nitrogen and oxygen atoms in total. The molecule has 0 aromatic carbocycles. The minimum absolute atomic E-state index is 0.369. The van der Waals surface area contributed by atoms with E-state index in [1.165, 1.54) is 38.5 Å². The van der Waals surface area contributed by atoms with Crippen LogP contribution in [0.3, 0.4) is 0 Å². The van der Waals surface area contributed by atoms with Crippen molar-refractivity contribution in [3.8, 4) is 0 Å². The maximum atomic E-state index is 5.64. The standard InChI is InChI=1S/C16H31N3O/c1-3-17-16(19-12-15-8-5-9-20-15)18-11-14-7-4-6-13(2)10-14/h13-15H,3-12H2,1-2H3,(H2,17,18,19). The van der Waals surface area contributed by atoms with Gasteiger partial charge in [0.15, 0.2) is 5.96 Å². The Morgan fingerprint density at radius 2 is 2.10 bits per heavy atom. The Labute approximate surface area is 123 Å². The van der Waals surface area contributed by atoms with E-state index in [9.17, 15) is 0 Å². The quantitative estimate of drug-likeness (QED) is 0.601. The predicted octanol–water partition coefficient (Wildman–Crippen LogP) is 2.55. The Hall–Kier alpha value is -0.770. The summed E-state index contributed by atoms with van der Waals surface area (Å²) in [5.74, 6) is 2.62. The third kappa shape index (κ3) is 5.31. The van der Waals surface area contributed by atoms with E-state index < -0.39 is 0 Å². The zero-order chi connectivity index (χ0) is 14.2. The molecule has 0 spiro atoms. The number of rotatable bonds is 5. The van der Waals surface area contributed by atoms with Crippen molar-refractivity contribution in [1.29, 1.82) is 0 Å². The van der Waals surface area contributed by atoms with E-state index in [1.807, 2.05) is 0 Å². The molecular formula is C16H31N3O. The number of aliphatic imine (C=N–C) groups is 1. The minimum Gasteiger partial charge on any atom is -0.376 e. The van der Waals surface area contributed by atoms with Crippen molar-refractivity contribution >= 4 is 5.96 Å². The molecule has 20 heavy (non-hydrogen) atoms. The van der Waals surface area contributed by atoms with E-state index in [4.69, 9.17) is 9.73 Å². The lowest BCUT2D eigenvalue weighted by atomic mass is 9.82. The molecule has 2 aliphatic rings. The third-order valence-electron chi connectivity index (χ3n) is 4.42. The summed E-state index contributed by atoms with van der Waals surface area (Å²) in [6, 6.07) is 0. The van der Waals surface area contributed by atoms with Gasteiger partial charge in [-0.05, 0) is 44.4 Å². The zero-order valence-electron chi connectivity index (χ0n) is 13.2. The monoisotopic (exact) mass is 281 g/mol. The van der Waals surface area contributed by atoms with Crippen LogP contribution in [0.25, 0.3) is 0 Å². The third-order valence-corrected chi connectivity index (χ3v) is 4.42. The molecule has 1 aliphatic carbocycles. The first-order chi connectivity index (χ1) is 9.78. The number of guanidine groups is 1. The van der Waals surface area contributed by atoms with Crippen LogP contribution in [0, 0.1) is 11.8 Å². The second-order valence-electron chi connectivity index (χ2n) is 6.37. The fraction of sp³-hybridized carbons (Fsp3) is 0.938. The second-order valence-corrected chi connectivity index (χ2v) is 6.37. The average Bonchev–Trinajstić information content (AvgIpc) is 2.95. The molecule has 4 heteroatoms. The first kappa shape index (κ1) is 15.6. The number of nitrogens with one attached hydrogen (secondary N) is 2. The van der Waals surface area contributed by atoms with Gasteiger partial charge in [-0.1, -0.05) is 19.8 Å². The lowest BCUT2D eigenvalue weighted by Gasteiger charge is -2.25. The Kier molecular flexibility index (Phi) is 6.64. The van der Waals surface area contributed by atoms with Crippen LogP contribution in [-0.2, 0) is 4.74 Å². The molecule has 1 saturated heterocycles. The topological polar surface area (TPSA) is 45.7 Å². The van der Waals surface area contributed by atoms with Crippen molar-refractivity contribution in [2.75, 3.05) is 26.2 Å². The van der Waals surface area contributed by atoms with Crippen molar-refractivity contribution in [2.45, 2.75) is 58.5 Å². The van der Waals surface area contributed by atoms with Gasteiger partial charge < -0.3 is 15.4 Å². The highest BCUT2D eigenvalue weighted by Crippen LogP contribution is 2.28. The van der Waals surface area contributed by atoms with Crippen LogP contribution in [0.4, 0.5) is 0 Å². The molecule has 0 radical (unpaired) electrons. The van der Waals surface area contributed by atoms with E-state index >= 15 is 0 Å². The van der Waals surface area contributed by atoms with E-state index in [2.05, 4.69) is 24.5 Å². The molecule has 0 aromatic rings. The minimum atomic E-state index is 0.369. The zero-order valence-corrected chi connectivity index (χ0v) is 13.2. The van der Waals surface area contributed by atoms with Gasteiger partial charge in [0, 0.05) is 26.2 Å². The van der Waals surface area contributed by atoms with E-state index in [-0.39, 0.29) is 0 Å². The molecule has 0 aromatic heterocycles. The van der Waals surface area contributed by atoms with Gasteiger partial charge in [-0.3, -0.25) is 4.99 Å². The normalized spacial score (nSPS) is 31.3. The second kappa shape index (κ2) is 8.50. The molecule has 1 heterocycles. The van der Waals surface area contributed by atoms with Gasteiger partial charge in [-0.2, -0.15) is 0 Å². The van der Waals surface area contributed by atoms with E-state index in [0.29, 0.717) is 6.10 Å². The van der Waals surface area contributed by atoms with Crippen molar-refractivity contribution in [3.63, 3.8) is 0 Å². The van der Waals surface area contributed by atoms with Gasteiger partial charge in [0.25, 0.3) is 0 Å². The Balaban J connectivity index is 1.75. The summed E-state index contributed by atoms with van der Waals surface area (Å²) in [5, 5.41) is 6.77. The number of hydrogen-bond donors (Lipinski definition) is 2. The number of hydrogen-bond acceptors (Lipinski definition) is 2. The molecule has 3 atom stereocenters. The Morgan fingerprint density at radius 3 is 2.80 bits per heavy atom. The summed E-state index contributed by atoms with van der Waals surface area (Å²) in [5.41, 5.74) is 0. The first-order valence-corrected chi connectivity index (χ1v) is 8.41. The van der Waals surface area contributed by atoms with Crippen LogP contribution in [0.15, 0.2) is 4.99 Å². The number of nitrogens with zero attached hydrogens (tertiary/aromatic N) is 1. The lowest BCUT2D eigenvalue weighted by molar-refractivity contribution is 0.114. The molecule has 3 unspecified atom stereocenters. The molecule has 0 amide bonds. The van der Waals surface area contributed by atoms with Gasteiger partial charge in [0.1, 0.15) is 0 Å². The van der Waals surface area contributed by atoms with Gasteiger partial charge >= 0.3 is 0 Å². The fourth-order valence-electron chi connectivity index (χ4n) is 3.30. The van der Waals surface area contributed by atoms with Crippen molar-refractivity contribution in [1.82, 2.24) is 10.6 Å². The average molecular weight is 281 g/mol. The maximum Gasteiger partial charge on any atom is 0.191 e. The molecule has 2 rings (SSSR count). The van der Waals surface area contributed by atoms with Crippen LogP contribution in [0.5, 0.6) is 0 Å². The lowest BCUT2D eigenvalue weighted by Crippen LogP contribution is -2.41. The van der Waals surface area contributed by atoms with Crippen LogP contribution >= 0.6 is 0 Å². The summed E-state index contributed by atoms with van der Waals surface area (Å²) in [6.45, 7) is 8.17. The summed E-state index contributed by atoms with van der Waals surface area (Å²) in [7, 11) is 0. The molecule has 1 aliphatic heterocycles. The first-order valence-electron chi connectivity index (χ1n) is 8.41. The van der Waals surface area contributed by atoms with E-state index in [1.54, 1.807) is 0 Å². The Morgan fingerprint density at radius 1 is 1.20 bits per heavy atom. The van der Waals surface area contributed by atoms with E-state index in [0.717, 1.165) is 44.0 Å². The van der Waals surface area contributed by atoms with Gasteiger partial charge in [0.2, 0.25) is 0 Å². The van der Waals surface area contributed by atoms with Crippen LogP contribution in [0.2, 0.25) is 0 Å². The summed E-state index contributed by atoms with van der Waals surface area (Å²) >= 11 is 0. The summed E-state index contributed by atoms with van der Waals surface area (Å²) in [4.78, 5) is 4.77. The van der Waals surface area contributed by atoms with Crippen LogP contribution in [-0.4, -0.2) is 38.3 Å². The van der Waals surface area contributed by atoms with Crippen LogP contribution in [0.1, 0.15) is 52.4 Å². The Bertz CT molecular complexity index is 300. The highest BCUT2D eigenvalue weighted by molar-refractivity contribution is 5.79. The molecular weight excluding hydrogens is 250 g/mol. The summed E-state index contributed by atoms with van der Waals surface area (Å²) in [6.07, 6.45) is 8.20. The largest absolute Gasteiger partial charge is 0.376 e. The SMILES string of the molecule is CCNC(=NCC1CCCC(C)C1)NCC1CCCO1. The summed E-state index contributed by atoms with van der Waals surface area (Å²) < 4.78 is 5.64. The molecule has 2 N–H and O–H groups in total. The maximum absolute atomic E-state index is 5.64. The smallest absolute Gasteiger partial charge is 0.191 e. The van der Waals surface area contributed by atoms with Gasteiger partial charge in [-0.25, -0.2) is 0 Å². The number of ether oxygens (including phenoxy) is 1. The van der Waals surface area contributed by atoms with Crippen molar-refractivity contribution in [2.24, 2.45) is 16.8 Å². The van der Waals surface area contributed by atoms with Crippen molar-refractivity contribution < 1.29 is 4.74 Å². The highest BCUT2D eigenvalue weighted by atomic mass is 16.5. The molecule has 116 valence electrons. The predicted molar refractivity (Wildman–Crippen MR) is 84.1 cm³/mol.